The van der Waals surface area contributed by atoms with Gasteiger partial charge < -0.3 is 14.4 Å². The second-order valence-corrected chi connectivity index (χ2v) is 17.1. The fourth-order valence-corrected chi connectivity index (χ4v) is 11.0. The van der Waals surface area contributed by atoms with Gasteiger partial charge in [0.25, 0.3) is 13.4 Å². The zero-order valence-electron chi connectivity index (χ0n) is 33.7. The van der Waals surface area contributed by atoms with Gasteiger partial charge in [-0.2, -0.15) is 0 Å². The minimum absolute atomic E-state index is 0.0189. The fraction of sp³-hybridized carbons (Fsp3) is 0.176. The van der Waals surface area contributed by atoms with Crippen LogP contribution in [0.4, 0.5) is 17.1 Å². The van der Waals surface area contributed by atoms with Gasteiger partial charge in [0.1, 0.15) is 23.0 Å². The Kier molecular flexibility index (Phi) is 6.89. The summed E-state index contributed by atoms with van der Waals surface area (Å²) in [6.07, 6.45) is 0. The Hall–Kier alpha value is -5.93. The lowest BCUT2D eigenvalue weighted by atomic mass is 9.29. The molecule has 0 N–H and O–H groups in total. The van der Waals surface area contributed by atoms with Crippen molar-refractivity contribution in [3.05, 3.63) is 147 Å². The molecule has 4 aliphatic rings. The molecule has 0 amide bonds. The molecular weight excluding hydrogens is 680 g/mol. The summed E-state index contributed by atoms with van der Waals surface area (Å²) in [6.45, 7) is 20.0. The molecule has 11 rings (SSSR count). The zero-order chi connectivity index (χ0) is 38.5. The van der Waals surface area contributed by atoms with Gasteiger partial charge in [0.2, 0.25) is 0 Å². The SMILES string of the molecule is Cc1cc(C)c(-c2cc3c4c(c2)N2c5cc(-c6c(C)cc(C)cc6C)cc6c5B(c5cc(C)ccc5O6)c5cc(C)cc(c52)B4c2cc(C)ccc2O3)c(C)c1. The molecule has 0 saturated carbocycles. The van der Waals surface area contributed by atoms with E-state index >= 15 is 0 Å². The predicted octanol–water partition coefficient (Wildman–Crippen LogP) is 9.14. The van der Waals surface area contributed by atoms with Crippen molar-refractivity contribution in [2.45, 2.75) is 62.3 Å². The maximum atomic E-state index is 7.04. The Morgan fingerprint density at radius 2 is 0.750 bits per heavy atom. The van der Waals surface area contributed by atoms with E-state index in [-0.39, 0.29) is 13.4 Å². The summed E-state index contributed by atoms with van der Waals surface area (Å²) in [5.41, 5.74) is 27.5. The van der Waals surface area contributed by atoms with Gasteiger partial charge in [-0.15, -0.1) is 0 Å². The summed E-state index contributed by atoms with van der Waals surface area (Å²) < 4.78 is 14.1. The predicted molar refractivity (Wildman–Crippen MR) is 237 cm³/mol. The lowest BCUT2D eigenvalue weighted by Crippen LogP contribution is -2.66. The van der Waals surface area contributed by atoms with Gasteiger partial charge in [0.05, 0.1) is 0 Å². The molecule has 0 atom stereocenters. The number of rotatable bonds is 2. The number of nitrogens with zero attached hydrogens (tertiary/aromatic N) is 1. The Labute approximate surface area is 331 Å². The second kappa shape index (κ2) is 11.6. The average Bonchev–Trinajstić information content (AvgIpc) is 3.13. The van der Waals surface area contributed by atoms with E-state index in [4.69, 9.17) is 9.47 Å². The number of hydrogen-bond donors (Lipinski definition) is 0. The van der Waals surface area contributed by atoms with Crippen molar-refractivity contribution in [3.63, 3.8) is 0 Å². The maximum absolute atomic E-state index is 7.04. The number of ether oxygens (including phenoxy) is 2. The van der Waals surface area contributed by atoms with Crippen molar-refractivity contribution in [1.82, 2.24) is 0 Å². The molecular formula is C51H43B2NO2. The number of fused-ring (bicyclic) bond motifs is 8. The topological polar surface area (TPSA) is 21.7 Å². The van der Waals surface area contributed by atoms with E-state index in [9.17, 15) is 0 Å². The lowest BCUT2D eigenvalue weighted by Gasteiger charge is -2.47. The van der Waals surface area contributed by atoms with E-state index in [1.54, 1.807) is 0 Å². The molecule has 0 bridgehead atoms. The summed E-state index contributed by atoms with van der Waals surface area (Å²) in [6, 6.07) is 37.0. The van der Waals surface area contributed by atoms with E-state index in [2.05, 4.69) is 164 Å². The first kappa shape index (κ1) is 33.4. The van der Waals surface area contributed by atoms with Crippen LogP contribution in [0.25, 0.3) is 22.3 Å². The molecule has 3 nitrogen and oxygen atoms in total. The van der Waals surface area contributed by atoms with Gasteiger partial charge >= 0.3 is 0 Å². The van der Waals surface area contributed by atoms with Gasteiger partial charge in [0.15, 0.2) is 0 Å². The molecule has 4 aliphatic heterocycles. The van der Waals surface area contributed by atoms with Crippen LogP contribution in [0.3, 0.4) is 0 Å². The summed E-state index contributed by atoms with van der Waals surface area (Å²) in [4.78, 5) is 2.59. The van der Waals surface area contributed by atoms with E-state index in [1.165, 1.54) is 122 Å². The van der Waals surface area contributed by atoms with Crippen LogP contribution in [0.2, 0.25) is 0 Å². The van der Waals surface area contributed by atoms with Crippen LogP contribution < -0.4 is 47.2 Å². The Morgan fingerprint density at radius 3 is 1.16 bits per heavy atom. The van der Waals surface area contributed by atoms with E-state index in [0.29, 0.717) is 0 Å². The fourth-order valence-electron chi connectivity index (χ4n) is 11.0. The van der Waals surface area contributed by atoms with Gasteiger partial charge in [-0.25, -0.2) is 0 Å². The summed E-state index contributed by atoms with van der Waals surface area (Å²) in [5, 5.41) is 0. The van der Waals surface area contributed by atoms with Crippen LogP contribution in [-0.4, -0.2) is 13.4 Å². The van der Waals surface area contributed by atoms with Gasteiger partial charge in [-0.3, -0.25) is 0 Å². The molecule has 0 aliphatic carbocycles. The van der Waals surface area contributed by atoms with Crippen LogP contribution in [0.5, 0.6) is 23.0 Å². The Balaban J connectivity index is 1.29. The lowest BCUT2D eigenvalue weighted by molar-refractivity contribution is 0.487. The quantitative estimate of drug-likeness (QED) is 0.166. The van der Waals surface area contributed by atoms with E-state index < -0.39 is 0 Å². The van der Waals surface area contributed by atoms with Crippen molar-refractivity contribution in [3.8, 4) is 45.3 Å². The first-order chi connectivity index (χ1) is 26.9. The van der Waals surface area contributed by atoms with Crippen LogP contribution in [-0.2, 0) is 0 Å². The van der Waals surface area contributed by atoms with Gasteiger partial charge in [-0.1, -0.05) is 88.5 Å². The highest BCUT2D eigenvalue weighted by atomic mass is 16.5. The maximum Gasteiger partial charge on any atom is 0.256 e. The molecule has 0 saturated heterocycles. The van der Waals surface area contributed by atoms with Crippen molar-refractivity contribution in [2.24, 2.45) is 0 Å². The molecule has 56 heavy (non-hydrogen) atoms. The highest BCUT2D eigenvalue weighted by Gasteiger charge is 2.49. The molecule has 0 fully saturated rings. The number of anilines is 3. The van der Waals surface area contributed by atoms with Crippen molar-refractivity contribution >= 4 is 63.3 Å². The van der Waals surface area contributed by atoms with Gasteiger partial charge in [0, 0.05) is 17.1 Å². The number of hydrogen-bond acceptors (Lipinski definition) is 3. The second-order valence-electron chi connectivity index (χ2n) is 17.1. The molecule has 4 heterocycles. The molecule has 0 spiro atoms. The standard InChI is InChI=1S/C51H43B2NO2/c1-26-10-12-43-37(18-26)52-39-20-30(5)21-40-51(39)54(41-22-35(24-45(55-43)49(41)52)47-31(6)14-28(3)15-32(47)7)42-23-36(48-33(8)16-29(4)17-34(48)9)25-46-50(42)53(40)38-19-27(2)11-13-44(38)56-46/h10-25H,1-9H3. The van der Waals surface area contributed by atoms with Crippen molar-refractivity contribution < 1.29 is 9.47 Å². The number of benzene rings is 7. The minimum Gasteiger partial charge on any atom is -0.458 e. The van der Waals surface area contributed by atoms with Gasteiger partial charge in [-0.05, 0) is 176 Å². The summed E-state index contributed by atoms with van der Waals surface area (Å²) in [7, 11) is 0. The molecule has 5 heteroatoms. The Morgan fingerprint density at radius 1 is 0.375 bits per heavy atom. The largest absolute Gasteiger partial charge is 0.458 e. The molecule has 7 aromatic carbocycles. The smallest absolute Gasteiger partial charge is 0.256 e. The summed E-state index contributed by atoms with van der Waals surface area (Å²) in [5.74, 6) is 3.74. The van der Waals surface area contributed by atoms with Crippen LogP contribution in [0.15, 0.2) is 97.1 Å². The van der Waals surface area contributed by atoms with E-state index in [1.807, 2.05) is 0 Å². The molecule has 7 aromatic rings. The molecule has 0 radical (unpaired) electrons. The molecule has 0 aromatic heterocycles. The molecule has 0 unspecified atom stereocenters. The van der Waals surface area contributed by atoms with Crippen LogP contribution in [0, 0.1) is 62.3 Å². The first-order valence-electron chi connectivity index (χ1n) is 20.0. The average molecular weight is 724 g/mol. The van der Waals surface area contributed by atoms with Crippen LogP contribution >= 0.6 is 0 Å². The summed E-state index contributed by atoms with van der Waals surface area (Å²) >= 11 is 0. The highest BCUT2D eigenvalue weighted by Crippen LogP contribution is 2.48. The van der Waals surface area contributed by atoms with Crippen molar-refractivity contribution in [2.75, 3.05) is 4.90 Å². The number of aryl methyl sites for hydroxylation is 9. The monoisotopic (exact) mass is 723 g/mol. The third kappa shape index (κ3) is 4.61. The third-order valence-electron chi connectivity index (χ3n) is 12.8. The van der Waals surface area contributed by atoms with Crippen LogP contribution in [0.1, 0.15) is 50.1 Å². The normalized spacial score (nSPS) is 13.6. The van der Waals surface area contributed by atoms with E-state index in [0.717, 1.165) is 23.0 Å². The molecule has 270 valence electrons. The van der Waals surface area contributed by atoms with Crippen molar-refractivity contribution in [1.29, 1.82) is 0 Å². The minimum atomic E-state index is 0.0189. The Bertz CT molecular complexity index is 2700. The first-order valence-corrected chi connectivity index (χ1v) is 20.0. The third-order valence-corrected chi connectivity index (χ3v) is 12.8. The highest BCUT2D eigenvalue weighted by molar-refractivity contribution is 7.03. The zero-order valence-corrected chi connectivity index (χ0v) is 33.7.